The van der Waals surface area contributed by atoms with Crippen molar-refractivity contribution in [3.05, 3.63) is 53.2 Å². The van der Waals surface area contributed by atoms with Crippen LogP contribution in [0.4, 0.5) is 16.0 Å². The first-order valence-electron chi connectivity index (χ1n) is 10.5. The van der Waals surface area contributed by atoms with Crippen LogP contribution < -0.4 is 10.2 Å². The Kier molecular flexibility index (Phi) is 7.05. The van der Waals surface area contributed by atoms with E-state index in [9.17, 15) is 9.18 Å². The van der Waals surface area contributed by atoms with Crippen molar-refractivity contribution in [1.82, 2.24) is 14.8 Å². The van der Waals surface area contributed by atoms with Gasteiger partial charge in [0.05, 0.1) is 23.7 Å². The molecule has 0 radical (unpaired) electrons. The van der Waals surface area contributed by atoms with Crippen LogP contribution in [0.5, 0.6) is 0 Å². The molecule has 7 nitrogen and oxygen atoms in total. The van der Waals surface area contributed by atoms with Gasteiger partial charge in [0.15, 0.2) is 5.16 Å². The van der Waals surface area contributed by atoms with Gasteiger partial charge in [0.2, 0.25) is 11.9 Å². The highest BCUT2D eigenvalue weighted by atomic mass is 35.5. The number of nitrogens with zero attached hydrogens (tertiary/aromatic N) is 4. The SMILES string of the molecule is CC1CCN(c2nnc(SC(C)C(=O)Nc3ccc(Cl)cc3F)n2Cc2ccco2)CC1. The second-order valence-corrected chi connectivity index (χ2v) is 9.74. The third kappa shape index (κ3) is 5.27. The molecular weight excluding hydrogens is 453 g/mol. The van der Waals surface area contributed by atoms with Crippen molar-refractivity contribution in [2.45, 2.75) is 43.6 Å². The Labute approximate surface area is 195 Å². The van der Waals surface area contributed by atoms with Gasteiger partial charge in [0.1, 0.15) is 11.6 Å². The second kappa shape index (κ2) is 9.95. The first-order valence-corrected chi connectivity index (χ1v) is 11.8. The molecule has 3 heterocycles. The highest BCUT2D eigenvalue weighted by molar-refractivity contribution is 8.00. The summed E-state index contributed by atoms with van der Waals surface area (Å²) in [6, 6.07) is 7.88. The molecule has 1 atom stereocenters. The maximum absolute atomic E-state index is 14.1. The molecule has 0 aliphatic carbocycles. The minimum absolute atomic E-state index is 0.0898. The summed E-state index contributed by atoms with van der Waals surface area (Å²) in [6.07, 6.45) is 3.83. The number of aromatic nitrogens is 3. The summed E-state index contributed by atoms with van der Waals surface area (Å²) in [4.78, 5) is 14.9. The minimum Gasteiger partial charge on any atom is -0.467 e. The van der Waals surface area contributed by atoms with Gasteiger partial charge in [-0.1, -0.05) is 30.3 Å². The average molecular weight is 478 g/mol. The Morgan fingerprint density at radius 2 is 2.12 bits per heavy atom. The van der Waals surface area contributed by atoms with Gasteiger partial charge in [-0.3, -0.25) is 9.36 Å². The zero-order valence-corrected chi connectivity index (χ0v) is 19.5. The van der Waals surface area contributed by atoms with E-state index in [1.807, 2.05) is 16.7 Å². The van der Waals surface area contributed by atoms with E-state index >= 15 is 0 Å². The van der Waals surface area contributed by atoms with Crippen molar-refractivity contribution in [2.24, 2.45) is 5.92 Å². The molecule has 4 rings (SSSR count). The van der Waals surface area contributed by atoms with Crippen LogP contribution in [-0.2, 0) is 11.3 Å². The number of hydrogen-bond donors (Lipinski definition) is 1. The van der Waals surface area contributed by atoms with Gasteiger partial charge in [-0.2, -0.15) is 0 Å². The first-order chi connectivity index (χ1) is 15.4. The Hall–Kier alpha value is -2.52. The molecular formula is C22H25ClFN5O2S. The average Bonchev–Trinajstić information content (AvgIpc) is 3.41. The van der Waals surface area contributed by atoms with Gasteiger partial charge < -0.3 is 14.6 Å². The van der Waals surface area contributed by atoms with Crippen LogP contribution in [0.25, 0.3) is 0 Å². The van der Waals surface area contributed by atoms with Crippen molar-refractivity contribution >= 4 is 40.9 Å². The maximum atomic E-state index is 14.1. The van der Waals surface area contributed by atoms with Crippen LogP contribution in [0, 0.1) is 11.7 Å². The number of anilines is 2. The molecule has 2 aromatic heterocycles. The molecule has 1 unspecified atom stereocenters. The fourth-order valence-electron chi connectivity index (χ4n) is 3.54. The van der Waals surface area contributed by atoms with Crippen LogP contribution in [0.3, 0.4) is 0 Å². The van der Waals surface area contributed by atoms with E-state index in [0.717, 1.165) is 37.6 Å². The summed E-state index contributed by atoms with van der Waals surface area (Å²) < 4.78 is 21.6. The van der Waals surface area contributed by atoms with E-state index in [-0.39, 0.29) is 16.6 Å². The smallest absolute Gasteiger partial charge is 0.237 e. The molecule has 32 heavy (non-hydrogen) atoms. The summed E-state index contributed by atoms with van der Waals surface area (Å²) in [5, 5.41) is 11.8. The summed E-state index contributed by atoms with van der Waals surface area (Å²) in [6.45, 7) is 6.30. The maximum Gasteiger partial charge on any atom is 0.237 e. The number of furan rings is 1. The van der Waals surface area contributed by atoms with Crippen molar-refractivity contribution < 1.29 is 13.6 Å². The number of rotatable bonds is 7. The van der Waals surface area contributed by atoms with E-state index in [0.29, 0.717) is 17.6 Å². The Morgan fingerprint density at radius 1 is 1.34 bits per heavy atom. The summed E-state index contributed by atoms with van der Waals surface area (Å²) in [5.41, 5.74) is 0.0898. The molecule has 1 aliphatic heterocycles. The number of thioether (sulfide) groups is 1. The minimum atomic E-state index is -0.578. The number of carbonyl (C=O) groups is 1. The third-order valence-electron chi connectivity index (χ3n) is 5.50. The molecule has 0 spiro atoms. The van der Waals surface area contributed by atoms with Crippen LogP contribution in [0.1, 0.15) is 32.4 Å². The molecule has 170 valence electrons. The van der Waals surface area contributed by atoms with Crippen molar-refractivity contribution in [3.63, 3.8) is 0 Å². The lowest BCUT2D eigenvalue weighted by Crippen LogP contribution is -2.35. The van der Waals surface area contributed by atoms with E-state index in [1.54, 1.807) is 13.2 Å². The number of carbonyl (C=O) groups excluding carboxylic acids is 1. The molecule has 1 fully saturated rings. The largest absolute Gasteiger partial charge is 0.467 e. The molecule has 1 saturated heterocycles. The van der Waals surface area contributed by atoms with Gasteiger partial charge in [0, 0.05) is 18.1 Å². The molecule has 10 heteroatoms. The Bertz CT molecular complexity index is 1070. The Morgan fingerprint density at radius 3 is 2.81 bits per heavy atom. The van der Waals surface area contributed by atoms with E-state index in [1.165, 1.54) is 30.0 Å². The molecule has 1 amide bonds. The fourth-order valence-corrected chi connectivity index (χ4v) is 4.55. The van der Waals surface area contributed by atoms with Gasteiger partial charge >= 0.3 is 0 Å². The number of nitrogens with one attached hydrogen (secondary N) is 1. The summed E-state index contributed by atoms with van der Waals surface area (Å²) >= 11 is 7.06. The number of benzene rings is 1. The number of halogens is 2. The first kappa shape index (κ1) is 22.7. The van der Waals surface area contributed by atoms with Crippen molar-refractivity contribution in [1.29, 1.82) is 0 Å². The number of piperidine rings is 1. The van der Waals surface area contributed by atoms with Crippen molar-refractivity contribution in [3.8, 4) is 0 Å². The summed E-state index contributed by atoms with van der Waals surface area (Å²) in [5.74, 6) is 1.33. The molecule has 1 aromatic carbocycles. The molecule has 0 bridgehead atoms. The summed E-state index contributed by atoms with van der Waals surface area (Å²) in [7, 11) is 0. The van der Waals surface area contributed by atoms with E-state index in [2.05, 4.69) is 27.3 Å². The molecule has 1 N–H and O–H groups in total. The van der Waals surface area contributed by atoms with Crippen LogP contribution in [0.2, 0.25) is 5.02 Å². The van der Waals surface area contributed by atoms with Crippen LogP contribution in [-0.4, -0.2) is 39.0 Å². The predicted octanol–water partition coefficient (Wildman–Crippen LogP) is 5.07. The fraction of sp³-hybridized carbons (Fsp3) is 0.409. The van der Waals surface area contributed by atoms with Gasteiger partial charge in [-0.05, 0) is 56.0 Å². The highest BCUT2D eigenvalue weighted by Gasteiger charge is 2.26. The molecule has 1 aliphatic rings. The highest BCUT2D eigenvalue weighted by Crippen LogP contribution is 2.30. The molecule has 3 aromatic rings. The normalized spacial score (nSPS) is 15.7. The quantitative estimate of drug-likeness (QED) is 0.479. The monoisotopic (exact) mass is 477 g/mol. The number of hydrogen-bond acceptors (Lipinski definition) is 6. The van der Waals surface area contributed by atoms with Gasteiger partial charge in [-0.15, -0.1) is 10.2 Å². The standard InChI is InChI=1S/C22H25ClFN5O2S/c1-14-7-9-28(10-8-14)21-26-27-22(29(21)13-17-4-3-11-31-17)32-15(2)20(30)25-19-6-5-16(23)12-18(19)24/h3-6,11-12,14-15H,7-10,13H2,1-2H3,(H,25,30). The topological polar surface area (TPSA) is 76.2 Å². The van der Waals surface area contributed by atoms with E-state index in [4.69, 9.17) is 16.0 Å². The molecule has 0 saturated carbocycles. The lowest BCUT2D eigenvalue weighted by molar-refractivity contribution is -0.115. The third-order valence-corrected chi connectivity index (χ3v) is 6.81. The van der Waals surface area contributed by atoms with E-state index < -0.39 is 11.1 Å². The van der Waals surface area contributed by atoms with Gasteiger partial charge in [-0.25, -0.2) is 4.39 Å². The lowest BCUT2D eigenvalue weighted by Gasteiger charge is -2.31. The zero-order chi connectivity index (χ0) is 22.7. The van der Waals surface area contributed by atoms with Crippen LogP contribution >= 0.6 is 23.4 Å². The number of amides is 1. The predicted molar refractivity (Wildman–Crippen MR) is 124 cm³/mol. The second-order valence-electron chi connectivity index (χ2n) is 7.99. The van der Waals surface area contributed by atoms with Crippen molar-refractivity contribution in [2.75, 3.05) is 23.3 Å². The van der Waals surface area contributed by atoms with Gasteiger partial charge in [0.25, 0.3) is 0 Å². The van der Waals surface area contributed by atoms with Crippen LogP contribution in [0.15, 0.2) is 46.2 Å². The lowest BCUT2D eigenvalue weighted by atomic mass is 10.00. The Balaban J connectivity index is 1.52. The zero-order valence-electron chi connectivity index (χ0n) is 17.9.